The van der Waals surface area contributed by atoms with Gasteiger partial charge in [-0.3, -0.25) is 0 Å². The van der Waals surface area contributed by atoms with Crippen LogP contribution in [0.3, 0.4) is 0 Å². The van der Waals surface area contributed by atoms with Gasteiger partial charge in [0.15, 0.2) is 0 Å². The van der Waals surface area contributed by atoms with Crippen LogP contribution in [-0.4, -0.2) is 12.1 Å². The SMILES string of the molecule is CC1C=CC2C=CC=CC2N1. The predicted molar refractivity (Wildman–Crippen MR) is 47.3 cm³/mol. The molecule has 11 heavy (non-hydrogen) atoms. The number of allylic oxidation sites excluding steroid dienone is 2. The quantitative estimate of drug-likeness (QED) is 0.514. The summed E-state index contributed by atoms with van der Waals surface area (Å²) >= 11 is 0. The van der Waals surface area contributed by atoms with Crippen molar-refractivity contribution in [3.8, 4) is 0 Å². The highest BCUT2D eigenvalue weighted by Gasteiger charge is 2.20. The van der Waals surface area contributed by atoms with Gasteiger partial charge in [0.25, 0.3) is 0 Å². The zero-order valence-electron chi connectivity index (χ0n) is 6.70. The molecule has 2 rings (SSSR count). The molecule has 0 aromatic heterocycles. The molecule has 1 aliphatic heterocycles. The molecule has 1 aliphatic carbocycles. The van der Waals surface area contributed by atoms with E-state index in [1.165, 1.54) is 0 Å². The first-order valence-electron chi connectivity index (χ1n) is 4.15. The molecule has 0 radical (unpaired) electrons. The third-order valence-corrected chi connectivity index (χ3v) is 2.25. The number of rotatable bonds is 0. The van der Waals surface area contributed by atoms with Crippen molar-refractivity contribution in [1.29, 1.82) is 0 Å². The first kappa shape index (κ1) is 6.86. The van der Waals surface area contributed by atoms with Crippen LogP contribution in [0.1, 0.15) is 6.92 Å². The van der Waals surface area contributed by atoms with Gasteiger partial charge in [0.1, 0.15) is 0 Å². The van der Waals surface area contributed by atoms with Crippen molar-refractivity contribution in [1.82, 2.24) is 5.32 Å². The molecule has 0 bridgehead atoms. The van der Waals surface area contributed by atoms with Crippen molar-refractivity contribution in [2.75, 3.05) is 0 Å². The van der Waals surface area contributed by atoms with E-state index < -0.39 is 0 Å². The second-order valence-electron chi connectivity index (χ2n) is 3.21. The molecule has 0 fully saturated rings. The Morgan fingerprint density at radius 3 is 2.73 bits per heavy atom. The Morgan fingerprint density at radius 2 is 1.82 bits per heavy atom. The summed E-state index contributed by atoms with van der Waals surface area (Å²) in [6, 6.07) is 1.05. The van der Waals surface area contributed by atoms with Gasteiger partial charge in [0.05, 0.1) is 0 Å². The second kappa shape index (κ2) is 2.67. The van der Waals surface area contributed by atoms with E-state index in [-0.39, 0.29) is 0 Å². The van der Waals surface area contributed by atoms with Gasteiger partial charge in [-0.15, -0.1) is 0 Å². The molecule has 0 aromatic rings. The minimum atomic E-state index is 0.521. The monoisotopic (exact) mass is 147 g/mol. The maximum atomic E-state index is 3.49. The molecule has 2 aliphatic rings. The smallest absolute Gasteiger partial charge is 0.0356 e. The number of nitrogens with one attached hydrogen (secondary N) is 1. The zero-order valence-corrected chi connectivity index (χ0v) is 6.70. The predicted octanol–water partition coefficient (Wildman–Crippen LogP) is 1.65. The molecule has 3 atom stereocenters. The topological polar surface area (TPSA) is 12.0 Å². The Hall–Kier alpha value is -0.820. The van der Waals surface area contributed by atoms with E-state index in [0.29, 0.717) is 18.0 Å². The van der Waals surface area contributed by atoms with Gasteiger partial charge in [-0.2, -0.15) is 0 Å². The average molecular weight is 147 g/mol. The van der Waals surface area contributed by atoms with Crippen molar-refractivity contribution >= 4 is 0 Å². The van der Waals surface area contributed by atoms with E-state index in [1.807, 2.05) is 0 Å². The molecular formula is C10H13N. The number of fused-ring (bicyclic) bond motifs is 1. The fraction of sp³-hybridized carbons (Fsp3) is 0.400. The highest BCUT2D eigenvalue weighted by Crippen LogP contribution is 2.18. The lowest BCUT2D eigenvalue weighted by atomic mass is 9.91. The Labute approximate surface area is 67.5 Å². The van der Waals surface area contributed by atoms with Crippen LogP contribution in [-0.2, 0) is 0 Å². The summed E-state index contributed by atoms with van der Waals surface area (Å²) in [5.41, 5.74) is 0. The summed E-state index contributed by atoms with van der Waals surface area (Å²) < 4.78 is 0. The minimum absolute atomic E-state index is 0.521. The third-order valence-electron chi connectivity index (χ3n) is 2.25. The van der Waals surface area contributed by atoms with E-state index in [9.17, 15) is 0 Å². The molecule has 0 saturated carbocycles. The number of hydrogen-bond acceptors (Lipinski definition) is 1. The van der Waals surface area contributed by atoms with Gasteiger partial charge in [0, 0.05) is 18.0 Å². The standard InChI is InChI=1S/C10H13N/c1-8-6-7-9-4-2-3-5-10(9)11-8/h2-11H,1H3. The summed E-state index contributed by atoms with van der Waals surface area (Å²) in [6.45, 7) is 2.18. The van der Waals surface area contributed by atoms with Crippen molar-refractivity contribution in [3.05, 3.63) is 36.5 Å². The Morgan fingerprint density at radius 1 is 1.00 bits per heavy atom. The van der Waals surface area contributed by atoms with Crippen LogP contribution < -0.4 is 5.32 Å². The van der Waals surface area contributed by atoms with E-state index >= 15 is 0 Å². The molecule has 1 N–H and O–H groups in total. The Balaban J connectivity index is 2.20. The fourth-order valence-electron chi connectivity index (χ4n) is 1.63. The largest absolute Gasteiger partial charge is 0.304 e. The minimum Gasteiger partial charge on any atom is -0.304 e. The molecule has 1 heterocycles. The molecule has 1 nitrogen and oxygen atoms in total. The Bertz CT molecular complexity index is 225. The van der Waals surface area contributed by atoms with Crippen LogP contribution in [0.15, 0.2) is 36.5 Å². The van der Waals surface area contributed by atoms with Crippen molar-refractivity contribution < 1.29 is 0 Å². The fourth-order valence-corrected chi connectivity index (χ4v) is 1.63. The second-order valence-corrected chi connectivity index (χ2v) is 3.21. The molecule has 58 valence electrons. The zero-order chi connectivity index (χ0) is 7.68. The molecule has 0 saturated heterocycles. The highest BCUT2D eigenvalue weighted by molar-refractivity contribution is 5.24. The molecule has 3 unspecified atom stereocenters. The summed E-state index contributed by atoms with van der Waals surface area (Å²) in [5, 5.41) is 3.49. The van der Waals surface area contributed by atoms with Gasteiger partial charge >= 0.3 is 0 Å². The summed E-state index contributed by atoms with van der Waals surface area (Å²) in [6.07, 6.45) is 13.2. The number of hydrogen-bond donors (Lipinski definition) is 1. The van der Waals surface area contributed by atoms with E-state index in [2.05, 4.69) is 48.7 Å². The third kappa shape index (κ3) is 1.29. The van der Waals surface area contributed by atoms with Crippen molar-refractivity contribution in [2.24, 2.45) is 5.92 Å². The lowest BCUT2D eigenvalue weighted by Crippen LogP contribution is -2.42. The normalized spacial score (nSPS) is 40.6. The van der Waals surface area contributed by atoms with Crippen molar-refractivity contribution in [3.63, 3.8) is 0 Å². The van der Waals surface area contributed by atoms with Crippen LogP contribution in [0.5, 0.6) is 0 Å². The highest BCUT2D eigenvalue weighted by atomic mass is 14.9. The van der Waals surface area contributed by atoms with Gasteiger partial charge in [-0.1, -0.05) is 36.5 Å². The van der Waals surface area contributed by atoms with Crippen LogP contribution in [0, 0.1) is 5.92 Å². The first-order chi connectivity index (χ1) is 5.36. The van der Waals surface area contributed by atoms with Crippen LogP contribution in [0.4, 0.5) is 0 Å². The van der Waals surface area contributed by atoms with E-state index in [0.717, 1.165) is 0 Å². The molecule has 0 amide bonds. The average Bonchev–Trinajstić information content (AvgIpc) is 2.04. The first-order valence-corrected chi connectivity index (χ1v) is 4.15. The Kier molecular flexibility index (Phi) is 1.66. The van der Waals surface area contributed by atoms with Crippen LogP contribution >= 0.6 is 0 Å². The van der Waals surface area contributed by atoms with Crippen molar-refractivity contribution in [2.45, 2.75) is 19.0 Å². The lowest BCUT2D eigenvalue weighted by Gasteiger charge is -2.29. The van der Waals surface area contributed by atoms with Crippen LogP contribution in [0.25, 0.3) is 0 Å². The maximum Gasteiger partial charge on any atom is 0.0356 e. The van der Waals surface area contributed by atoms with Gasteiger partial charge < -0.3 is 5.32 Å². The van der Waals surface area contributed by atoms with Crippen LogP contribution in [0.2, 0.25) is 0 Å². The summed E-state index contributed by atoms with van der Waals surface area (Å²) in [7, 11) is 0. The molecular weight excluding hydrogens is 134 g/mol. The van der Waals surface area contributed by atoms with E-state index in [4.69, 9.17) is 0 Å². The van der Waals surface area contributed by atoms with Gasteiger partial charge in [0.2, 0.25) is 0 Å². The molecule has 0 aromatic carbocycles. The van der Waals surface area contributed by atoms with Gasteiger partial charge in [-0.25, -0.2) is 0 Å². The maximum absolute atomic E-state index is 3.49. The van der Waals surface area contributed by atoms with E-state index in [1.54, 1.807) is 0 Å². The molecule has 0 spiro atoms. The molecule has 1 heteroatoms. The summed E-state index contributed by atoms with van der Waals surface area (Å²) in [5.74, 6) is 0.580. The lowest BCUT2D eigenvalue weighted by molar-refractivity contribution is 0.474. The summed E-state index contributed by atoms with van der Waals surface area (Å²) in [4.78, 5) is 0. The van der Waals surface area contributed by atoms with Gasteiger partial charge in [-0.05, 0) is 6.92 Å².